The number of hydrogen-bond donors (Lipinski definition) is 2. The number of carbonyl (C=O) groups is 1. The Morgan fingerprint density at radius 1 is 0.897 bits per heavy atom. The van der Waals surface area contributed by atoms with Crippen molar-refractivity contribution in [3.63, 3.8) is 0 Å². The van der Waals surface area contributed by atoms with Gasteiger partial charge in [-0.15, -0.1) is 0 Å². The highest BCUT2D eigenvalue weighted by molar-refractivity contribution is 5.81. The second-order valence-electron chi connectivity index (χ2n) is 10.5. The number of aryl methyl sites for hydroxylation is 4. The number of ether oxygens (including phenoxy) is 2. The van der Waals surface area contributed by atoms with Crippen molar-refractivity contribution in [2.75, 3.05) is 26.4 Å². The lowest BCUT2D eigenvalue weighted by molar-refractivity contribution is -0.137. The average molecular weight is 531 g/mol. The number of benzene rings is 3. The molecule has 0 aromatic heterocycles. The Morgan fingerprint density at radius 3 is 2.26 bits per heavy atom. The van der Waals surface area contributed by atoms with E-state index in [4.69, 9.17) is 9.47 Å². The number of hydrogen-bond acceptors (Lipinski definition) is 5. The van der Waals surface area contributed by atoms with Gasteiger partial charge in [0.2, 0.25) is 0 Å². The zero-order valence-corrected chi connectivity index (χ0v) is 23.5. The summed E-state index contributed by atoms with van der Waals surface area (Å²) in [7, 11) is 0. The number of carbonyl (C=O) groups excluding carboxylic acids is 1. The van der Waals surface area contributed by atoms with Gasteiger partial charge in [-0.2, -0.15) is 0 Å². The van der Waals surface area contributed by atoms with Crippen molar-refractivity contribution in [2.24, 2.45) is 5.41 Å². The van der Waals surface area contributed by atoms with Gasteiger partial charge in [-0.25, -0.2) is 4.79 Å². The van der Waals surface area contributed by atoms with E-state index >= 15 is 0 Å². The minimum absolute atomic E-state index is 0.114. The van der Waals surface area contributed by atoms with E-state index in [-0.39, 0.29) is 19.8 Å². The molecule has 0 spiro atoms. The second kappa shape index (κ2) is 14.7. The molecule has 0 unspecified atom stereocenters. The van der Waals surface area contributed by atoms with Crippen LogP contribution in [-0.4, -0.2) is 42.6 Å². The summed E-state index contributed by atoms with van der Waals surface area (Å²) >= 11 is 0. The summed E-state index contributed by atoms with van der Waals surface area (Å²) in [6.45, 7) is 9.91. The molecule has 0 heterocycles. The third kappa shape index (κ3) is 8.81. The standard InChI is InChI=1S/C34H42O5/c1-5-28-21-27(12-11-26-9-7-25(3)8-10-26)13-15-31(28)29-14-16-32(38-20-18-34(4,23-35)24-36)30(22-29)17-19-39-33(37)6-2/h6-10,13-16,21-22,35-36H,2,5,11-12,17-20,23-24H2,1,3-4H3. The molecule has 208 valence electrons. The van der Waals surface area contributed by atoms with Gasteiger partial charge in [0, 0.05) is 17.9 Å². The Bertz CT molecular complexity index is 1220. The molecule has 3 rings (SSSR count). The summed E-state index contributed by atoms with van der Waals surface area (Å²) < 4.78 is 11.3. The molecule has 0 saturated carbocycles. The van der Waals surface area contributed by atoms with Crippen LogP contribution in [0.2, 0.25) is 0 Å². The molecule has 39 heavy (non-hydrogen) atoms. The Kier molecular flexibility index (Phi) is 11.3. The zero-order valence-electron chi connectivity index (χ0n) is 23.5. The lowest BCUT2D eigenvalue weighted by Gasteiger charge is -2.24. The molecular weight excluding hydrogens is 488 g/mol. The van der Waals surface area contributed by atoms with Crippen LogP contribution in [0.5, 0.6) is 5.75 Å². The topological polar surface area (TPSA) is 76.0 Å². The van der Waals surface area contributed by atoms with E-state index in [0.717, 1.165) is 36.5 Å². The monoisotopic (exact) mass is 530 g/mol. The van der Waals surface area contributed by atoms with E-state index in [1.165, 1.54) is 27.8 Å². The van der Waals surface area contributed by atoms with Gasteiger partial charge in [-0.1, -0.05) is 74.5 Å². The third-order valence-corrected chi connectivity index (χ3v) is 7.25. The number of aliphatic hydroxyl groups is 2. The van der Waals surface area contributed by atoms with Crippen LogP contribution < -0.4 is 4.74 Å². The van der Waals surface area contributed by atoms with Crippen molar-refractivity contribution in [2.45, 2.75) is 52.9 Å². The van der Waals surface area contributed by atoms with E-state index < -0.39 is 11.4 Å². The maximum Gasteiger partial charge on any atom is 0.330 e. The summed E-state index contributed by atoms with van der Waals surface area (Å²) in [4.78, 5) is 11.6. The predicted molar refractivity (Wildman–Crippen MR) is 157 cm³/mol. The Hall–Kier alpha value is -3.41. The minimum Gasteiger partial charge on any atom is -0.493 e. The second-order valence-corrected chi connectivity index (χ2v) is 10.5. The number of aliphatic hydroxyl groups excluding tert-OH is 2. The summed E-state index contributed by atoms with van der Waals surface area (Å²) in [5.74, 6) is 0.254. The first-order chi connectivity index (χ1) is 18.8. The molecule has 5 nitrogen and oxygen atoms in total. The van der Waals surface area contributed by atoms with Gasteiger partial charge in [0.1, 0.15) is 5.75 Å². The van der Waals surface area contributed by atoms with Crippen LogP contribution >= 0.6 is 0 Å². The Morgan fingerprint density at radius 2 is 1.59 bits per heavy atom. The minimum atomic E-state index is -0.600. The molecule has 3 aromatic carbocycles. The van der Waals surface area contributed by atoms with Crippen LogP contribution in [0, 0.1) is 12.3 Å². The zero-order chi connectivity index (χ0) is 28.3. The molecule has 2 N–H and O–H groups in total. The highest BCUT2D eigenvalue weighted by Gasteiger charge is 2.22. The van der Waals surface area contributed by atoms with Crippen molar-refractivity contribution in [1.82, 2.24) is 0 Å². The molecule has 0 atom stereocenters. The summed E-state index contributed by atoms with van der Waals surface area (Å²) in [5.41, 5.74) is 7.84. The summed E-state index contributed by atoms with van der Waals surface area (Å²) in [6, 6.07) is 21.6. The first-order valence-electron chi connectivity index (χ1n) is 13.7. The predicted octanol–water partition coefficient (Wildman–Crippen LogP) is 6.04. The average Bonchev–Trinajstić information content (AvgIpc) is 2.97. The van der Waals surface area contributed by atoms with Gasteiger partial charge >= 0.3 is 5.97 Å². The molecule has 0 bridgehead atoms. The lowest BCUT2D eigenvalue weighted by Crippen LogP contribution is -2.28. The third-order valence-electron chi connectivity index (χ3n) is 7.25. The van der Waals surface area contributed by atoms with Crippen molar-refractivity contribution in [3.05, 3.63) is 101 Å². The first kappa shape index (κ1) is 30.1. The Balaban J connectivity index is 1.80. The van der Waals surface area contributed by atoms with Crippen LogP contribution in [0.15, 0.2) is 73.3 Å². The van der Waals surface area contributed by atoms with Crippen molar-refractivity contribution in [3.8, 4) is 16.9 Å². The van der Waals surface area contributed by atoms with Crippen LogP contribution in [0.4, 0.5) is 0 Å². The van der Waals surface area contributed by atoms with Crippen LogP contribution in [-0.2, 0) is 35.2 Å². The maximum absolute atomic E-state index is 11.6. The van der Waals surface area contributed by atoms with Crippen LogP contribution in [0.1, 0.15) is 48.1 Å². The summed E-state index contributed by atoms with van der Waals surface area (Å²) in [6.07, 6.45) is 5.08. The van der Waals surface area contributed by atoms with E-state index in [1.807, 2.05) is 13.0 Å². The van der Waals surface area contributed by atoms with Crippen LogP contribution in [0.25, 0.3) is 11.1 Å². The molecular formula is C34H42O5. The lowest BCUT2D eigenvalue weighted by atomic mass is 9.89. The van der Waals surface area contributed by atoms with Crippen molar-refractivity contribution in [1.29, 1.82) is 0 Å². The highest BCUT2D eigenvalue weighted by Crippen LogP contribution is 2.31. The molecule has 0 saturated heterocycles. The number of esters is 1. The first-order valence-corrected chi connectivity index (χ1v) is 13.7. The smallest absolute Gasteiger partial charge is 0.330 e. The molecule has 0 aliphatic carbocycles. The maximum atomic E-state index is 11.6. The van der Waals surface area contributed by atoms with Gasteiger partial charge < -0.3 is 19.7 Å². The van der Waals surface area contributed by atoms with Gasteiger partial charge in [-0.3, -0.25) is 0 Å². The largest absolute Gasteiger partial charge is 0.493 e. The molecule has 5 heteroatoms. The quantitative estimate of drug-likeness (QED) is 0.185. The van der Waals surface area contributed by atoms with E-state index in [2.05, 4.69) is 75.0 Å². The summed E-state index contributed by atoms with van der Waals surface area (Å²) in [5, 5.41) is 19.2. The van der Waals surface area contributed by atoms with Gasteiger partial charge in [0.15, 0.2) is 0 Å². The van der Waals surface area contributed by atoms with Gasteiger partial charge in [-0.05, 0) is 78.1 Å². The van der Waals surface area contributed by atoms with Crippen molar-refractivity contribution >= 4 is 5.97 Å². The fourth-order valence-corrected chi connectivity index (χ4v) is 4.44. The molecule has 0 fully saturated rings. The normalized spacial score (nSPS) is 11.3. The van der Waals surface area contributed by atoms with E-state index in [0.29, 0.717) is 25.2 Å². The van der Waals surface area contributed by atoms with Crippen LogP contribution in [0.3, 0.4) is 0 Å². The van der Waals surface area contributed by atoms with E-state index in [1.54, 1.807) is 0 Å². The fourth-order valence-electron chi connectivity index (χ4n) is 4.44. The van der Waals surface area contributed by atoms with E-state index in [9.17, 15) is 15.0 Å². The van der Waals surface area contributed by atoms with Gasteiger partial charge in [0.25, 0.3) is 0 Å². The van der Waals surface area contributed by atoms with Crippen molar-refractivity contribution < 1.29 is 24.5 Å². The molecule has 0 aliphatic rings. The molecule has 0 amide bonds. The van der Waals surface area contributed by atoms with Gasteiger partial charge in [0.05, 0.1) is 26.4 Å². The Labute approximate surface area is 233 Å². The number of rotatable bonds is 15. The SMILES string of the molecule is C=CC(=O)OCCc1cc(-c2ccc(CCc3ccc(C)cc3)cc2CC)ccc1OCCC(C)(CO)CO. The fraction of sp³-hybridized carbons (Fsp3) is 0.382. The molecule has 0 aliphatic heterocycles. The molecule has 3 aromatic rings. The highest BCUT2D eigenvalue weighted by atomic mass is 16.5. The molecule has 0 radical (unpaired) electrons.